The number of aliphatic hydroxyl groups excluding tert-OH is 2. The summed E-state index contributed by atoms with van der Waals surface area (Å²) in [5.41, 5.74) is -11.1. The van der Waals surface area contributed by atoms with E-state index in [0.717, 1.165) is 14.0 Å². The van der Waals surface area contributed by atoms with Crippen LogP contribution in [0, 0.1) is 27.1 Å². The highest BCUT2D eigenvalue weighted by Crippen LogP contribution is 2.65. The summed E-state index contributed by atoms with van der Waals surface area (Å²) >= 11 is 0. The number of amides is 2. The van der Waals surface area contributed by atoms with Crippen molar-refractivity contribution in [1.29, 1.82) is 0 Å². The minimum Gasteiger partial charge on any atom is -0.456 e. The molecule has 2 saturated heterocycles. The molecular weight excluding hydrogens is 816 g/mol. The molecule has 1 aromatic rings. The van der Waals surface area contributed by atoms with Gasteiger partial charge in [0.25, 0.3) is 5.91 Å². The standard InChI is InChI=1S/C43H54N2O17/c1-20-23(59-34(51)27(48)30(38(3,4)5)45-35(52)40(8,9)61-36(45)53)18-43(44-55)32(60-33(50)22-15-13-12-14-16-22)29-41(10,31(49)28(58-21(2)46)26(20)39(43,6)7)24(47)17-25-42(29,19-57-25)62-37(54)56-11/h12-16,23-25,27-30,32,47-48H,17-19H2,1-11H3/t23-,24?,25+,27+,28+,29?,30+,32-,41+,42-,43+/m0/s1. The average Bonchev–Trinajstić information content (AvgIpc) is 3.38. The molecule has 62 heavy (non-hydrogen) atoms. The van der Waals surface area contributed by atoms with Gasteiger partial charge in [0.05, 0.1) is 42.8 Å². The normalized spacial score (nSPS) is 34.4. The van der Waals surface area contributed by atoms with Crippen LogP contribution in [0.2, 0.25) is 0 Å². The van der Waals surface area contributed by atoms with Crippen LogP contribution in [0.5, 0.6) is 0 Å². The number of carbonyl (C=O) groups excluding carboxylic acids is 7. The predicted molar refractivity (Wildman–Crippen MR) is 211 cm³/mol. The van der Waals surface area contributed by atoms with E-state index in [1.165, 1.54) is 53.7 Å². The van der Waals surface area contributed by atoms with E-state index in [4.69, 9.17) is 33.2 Å². The first-order valence-electron chi connectivity index (χ1n) is 20.2. The fourth-order valence-corrected chi connectivity index (χ4v) is 10.4. The minimum absolute atomic E-state index is 0.000166. The number of nitrogens with zero attached hydrogens (tertiary/aromatic N) is 2. The van der Waals surface area contributed by atoms with E-state index in [1.807, 2.05) is 0 Å². The molecule has 11 atom stereocenters. The molecule has 2 saturated carbocycles. The van der Waals surface area contributed by atoms with E-state index >= 15 is 4.79 Å². The van der Waals surface area contributed by atoms with E-state index in [-0.39, 0.29) is 23.1 Å². The number of ketones is 1. The number of rotatable bonds is 9. The molecule has 6 rings (SSSR count). The van der Waals surface area contributed by atoms with Gasteiger partial charge in [0.15, 0.2) is 34.7 Å². The zero-order valence-electron chi connectivity index (χ0n) is 36.5. The Hall–Kier alpha value is -5.27. The van der Waals surface area contributed by atoms with Crippen molar-refractivity contribution in [3.05, 3.63) is 51.9 Å². The third-order valence-corrected chi connectivity index (χ3v) is 13.7. The number of hydrogen-bond donors (Lipinski definition) is 2. The lowest BCUT2D eigenvalue weighted by atomic mass is 9.44. The van der Waals surface area contributed by atoms with Crippen LogP contribution in [0.15, 0.2) is 46.7 Å². The maximum Gasteiger partial charge on any atom is 0.508 e. The molecule has 3 aliphatic carbocycles. The van der Waals surface area contributed by atoms with E-state index in [9.17, 15) is 43.9 Å². The first-order chi connectivity index (χ1) is 28.7. The van der Waals surface area contributed by atoms with Crippen molar-refractivity contribution in [2.24, 2.45) is 27.3 Å². The summed E-state index contributed by atoms with van der Waals surface area (Å²) in [5, 5.41) is 27.6. The van der Waals surface area contributed by atoms with Gasteiger partial charge in [-0.15, -0.1) is 0 Å². The van der Waals surface area contributed by atoms with Crippen LogP contribution in [-0.2, 0) is 52.3 Å². The largest absolute Gasteiger partial charge is 0.508 e. The number of hydrogen-bond acceptors (Lipinski definition) is 18. The highest BCUT2D eigenvalue weighted by Gasteiger charge is 2.79. The van der Waals surface area contributed by atoms with Crippen LogP contribution in [0.1, 0.15) is 92.4 Å². The smallest absolute Gasteiger partial charge is 0.456 e. The van der Waals surface area contributed by atoms with Crippen molar-refractivity contribution in [2.75, 3.05) is 13.7 Å². The molecule has 4 fully saturated rings. The Morgan fingerprint density at radius 3 is 2.11 bits per heavy atom. The molecule has 19 heteroatoms. The van der Waals surface area contributed by atoms with E-state index in [2.05, 4.69) is 5.18 Å². The molecule has 2 heterocycles. The number of cyclic esters (lactones) is 1. The van der Waals surface area contributed by atoms with Crippen LogP contribution in [0.3, 0.4) is 0 Å². The molecule has 0 aromatic heterocycles. The number of aliphatic hydroxyl groups is 2. The summed E-state index contributed by atoms with van der Waals surface area (Å²) in [6, 6.07) is 6.06. The number of ether oxygens (including phenoxy) is 7. The van der Waals surface area contributed by atoms with Gasteiger partial charge in [-0.1, -0.05) is 58.0 Å². The lowest BCUT2D eigenvalue weighted by Gasteiger charge is -2.66. The van der Waals surface area contributed by atoms with E-state index in [1.54, 1.807) is 39.0 Å². The molecule has 1 aromatic carbocycles. The Morgan fingerprint density at radius 2 is 1.61 bits per heavy atom. The molecule has 19 nitrogen and oxygen atoms in total. The van der Waals surface area contributed by atoms with Crippen molar-refractivity contribution in [1.82, 2.24) is 4.90 Å². The number of imide groups is 1. The van der Waals surface area contributed by atoms with Crippen molar-refractivity contribution in [3.8, 4) is 0 Å². The van der Waals surface area contributed by atoms with Gasteiger partial charge >= 0.3 is 30.2 Å². The van der Waals surface area contributed by atoms with E-state index < -0.39 is 136 Å². The molecule has 2 bridgehead atoms. The van der Waals surface area contributed by atoms with Crippen LogP contribution < -0.4 is 0 Å². The fraction of sp³-hybridized carbons (Fsp3) is 0.651. The number of methoxy groups -OCH3 is 1. The van der Waals surface area contributed by atoms with Gasteiger partial charge in [-0.2, -0.15) is 4.91 Å². The Labute approximate surface area is 357 Å². The van der Waals surface area contributed by atoms with Gasteiger partial charge in [-0.3, -0.25) is 14.4 Å². The third kappa shape index (κ3) is 6.86. The van der Waals surface area contributed by atoms with Crippen molar-refractivity contribution >= 4 is 41.8 Å². The highest BCUT2D eigenvalue weighted by atomic mass is 16.8. The number of esters is 3. The third-order valence-electron chi connectivity index (χ3n) is 13.7. The van der Waals surface area contributed by atoms with Crippen LogP contribution in [-0.4, -0.2) is 130 Å². The number of Topliss-reactive ketones (excluding diaryl/α,β-unsaturated/α-hetero) is 1. The number of carbonyl (C=O) groups is 7. The average molecular weight is 871 g/mol. The highest BCUT2D eigenvalue weighted by molar-refractivity contribution is 6.03. The lowest BCUT2D eigenvalue weighted by molar-refractivity contribution is -0.334. The predicted octanol–water partition coefficient (Wildman–Crippen LogP) is 3.73. The molecule has 5 aliphatic rings. The fourth-order valence-electron chi connectivity index (χ4n) is 10.4. The number of nitroso groups, excluding NO2 is 1. The zero-order valence-corrected chi connectivity index (χ0v) is 36.5. The second kappa shape index (κ2) is 15.5. The first kappa shape index (κ1) is 46.2. The molecule has 0 radical (unpaired) electrons. The summed E-state index contributed by atoms with van der Waals surface area (Å²) in [6.07, 6.45) is -13.8. The summed E-state index contributed by atoms with van der Waals surface area (Å²) < 4.78 is 40.2. The molecule has 0 spiro atoms. The number of fused-ring (bicyclic) bond motifs is 5. The Balaban J connectivity index is 1.60. The van der Waals surface area contributed by atoms with Gasteiger partial charge < -0.3 is 43.4 Å². The summed E-state index contributed by atoms with van der Waals surface area (Å²) in [7, 11) is 1.04. The van der Waals surface area contributed by atoms with Gasteiger partial charge in [-0.05, 0) is 56.4 Å². The first-order valence-corrected chi connectivity index (χ1v) is 20.2. The van der Waals surface area contributed by atoms with Gasteiger partial charge in [0.1, 0.15) is 18.3 Å². The second-order valence-corrected chi connectivity index (χ2v) is 19.0. The van der Waals surface area contributed by atoms with Gasteiger partial charge in [0.2, 0.25) is 0 Å². The lowest BCUT2D eigenvalue weighted by Crippen LogP contribution is -2.81. The molecule has 2 amide bonds. The van der Waals surface area contributed by atoms with Crippen molar-refractivity contribution in [3.63, 3.8) is 0 Å². The van der Waals surface area contributed by atoms with Crippen LogP contribution in [0.4, 0.5) is 9.59 Å². The Bertz CT molecular complexity index is 2110. The number of benzene rings is 1. The molecule has 2 unspecified atom stereocenters. The monoisotopic (exact) mass is 870 g/mol. The summed E-state index contributed by atoms with van der Waals surface area (Å²) in [4.78, 5) is 112. The van der Waals surface area contributed by atoms with Crippen molar-refractivity contribution < 1.29 is 76.9 Å². The summed E-state index contributed by atoms with van der Waals surface area (Å²) in [6.45, 7) is 13.8. The maximum atomic E-state index is 15.5. The minimum atomic E-state index is -2.36. The molecule has 2 aliphatic heterocycles. The van der Waals surface area contributed by atoms with Gasteiger partial charge in [0, 0.05) is 25.2 Å². The summed E-state index contributed by atoms with van der Waals surface area (Å²) in [5.74, 6) is -6.82. The molecule has 338 valence electrons. The zero-order chi connectivity index (χ0) is 46.3. The molecular formula is C43H54N2O17. The van der Waals surface area contributed by atoms with Crippen LogP contribution >= 0.6 is 0 Å². The van der Waals surface area contributed by atoms with Crippen LogP contribution in [0.25, 0.3) is 0 Å². The van der Waals surface area contributed by atoms with Crippen molar-refractivity contribution in [2.45, 2.75) is 141 Å². The molecule has 2 N–H and O–H groups in total. The maximum absolute atomic E-state index is 15.5. The van der Waals surface area contributed by atoms with E-state index in [0.29, 0.717) is 4.90 Å². The topological polar surface area (TPSA) is 257 Å². The Kier molecular flexibility index (Phi) is 11.6. The van der Waals surface area contributed by atoms with Gasteiger partial charge in [-0.25, -0.2) is 24.1 Å². The SMILES string of the molecule is COC(=O)O[C@@]12CO[C@@H]1CC(O)[C@@]1(C)C(=O)[C@H](OC(C)=O)C3=C(C)[C@@H](OC(=O)[C@H](O)[C@@H](N4C(=O)OC(C)(C)C4=O)C(C)(C)C)C[C@@](N=O)([C@@H](OC(=O)c4ccccc4)C12)C3(C)C. The second-order valence-electron chi connectivity index (χ2n) is 19.0. The quantitative estimate of drug-likeness (QED) is 0.155. The Morgan fingerprint density at radius 1 is 0.984 bits per heavy atom.